The zero-order valence-corrected chi connectivity index (χ0v) is 14.1. The lowest BCUT2D eigenvalue weighted by atomic mass is 10.1. The number of nitrogens with zero attached hydrogens (tertiary/aromatic N) is 2. The van der Waals surface area contributed by atoms with Crippen LogP contribution in [0.3, 0.4) is 0 Å². The minimum Gasteiger partial charge on any atom is -0.342 e. The van der Waals surface area contributed by atoms with Gasteiger partial charge in [-0.05, 0) is 43.9 Å². The molecule has 1 saturated heterocycles. The quantitative estimate of drug-likeness (QED) is 0.914. The molecule has 1 aliphatic rings. The van der Waals surface area contributed by atoms with Crippen molar-refractivity contribution in [1.82, 2.24) is 14.9 Å². The molecule has 1 fully saturated rings. The highest BCUT2D eigenvalue weighted by atomic mass is 16.2. The van der Waals surface area contributed by atoms with E-state index >= 15 is 0 Å². The molecule has 3 N–H and O–H groups in total. The third-order valence-corrected chi connectivity index (χ3v) is 4.86. The number of nitrogens with two attached hydrogens (primary N) is 1. The SMILES string of the molecule is Cc1ccc2[nH]c(CCC(=O)N3CCCC[C@H](N)C3)nc2c1C. The average Bonchev–Trinajstić information content (AvgIpc) is 2.83. The van der Waals surface area contributed by atoms with Crippen LogP contribution in [0.25, 0.3) is 11.0 Å². The molecule has 3 rings (SSSR count). The number of carbonyl (C=O) groups is 1. The van der Waals surface area contributed by atoms with E-state index < -0.39 is 0 Å². The van der Waals surface area contributed by atoms with Crippen LogP contribution < -0.4 is 5.73 Å². The number of rotatable bonds is 3. The molecule has 1 aliphatic heterocycles. The van der Waals surface area contributed by atoms with E-state index in [2.05, 4.69) is 35.9 Å². The molecule has 23 heavy (non-hydrogen) atoms. The van der Waals surface area contributed by atoms with Crippen molar-refractivity contribution >= 4 is 16.9 Å². The van der Waals surface area contributed by atoms with Crippen molar-refractivity contribution in [3.05, 3.63) is 29.1 Å². The van der Waals surface area contributed by atoms with E-state index in [1.807, 2.05) is 4.90 Å². The molecule has 0 saturated carbocycles. The second kappa shape index (κ2) is 6.71. The zero-order valence-electron chi connectivity index (χ0n) is 14.1. The molecule has 124 valence electrons. The number of likely N-dealkylation sites (tertiary alicyclic amines) is 1. The molecule has 5 heteroatoms. The van der Waals surface area contributed by atoms with Crippen molar-refractivity contribution < 1.29 is 4.79 Å². The zero-order chi connectivity index (χ0) is 16.4. The number of aromatic amines is 1. The first-order chi connectivity index (χ1) is 11.0. The predicted octanol–water partition coefficient (Wildman–Crippen LogP) is 2.45. The van der Waals surface area contributed by atoms with Gasteiger partial charge < -0.3 is 15.6 Å². The Kier molecular flexibility index (Phi) is 4.66. The summed E-state index contributed by atoms with van der Waals surface area (Å²) in [7, 11) is 0. The number of imidazole rings is 1. The van der Waals surface area contributed by atoms with Crippen molar-refractivity contribution in [3.63, 3.8) is 0 Å². The number of nitrogens with one attached hydrogen (secondary N) is 1. The lowest BCUT2D eigenvalue weighted by Crippen LogP contribution is -2.39. The maximum Gasteiger partial charge on any atom is 0.223 e. The van der Waals surface area contributed by atoms with Crippen LogP contribution >= 0.6 is 0 Å². The first kappa shape index (κ1) is 16.0. The van der Waals surface area contributed by atoms with Gasteiger partial charge >= 0.3 is 0 Å². The van der Waals surface area contributed by atoms with Gasteiger partial charge in [0.05, 0.1) is 11.0 Å². The molecule has 1 amide bonds. The van der Waals surface area contributed by atoms with Crippen LogP contribution in [0.2, 0.25) is 0 Å². The van der Waals surface area contributed by atoms with Gasteiger partial charge in [-0.15, -0.1) is 0 Å². The Morgan fingerprint density at radius 2 is 2.22 bits per heavy atom. The number of carbonyl (C=O) groups excluding carboxylic acids is 1. The van der Waals surface area contributed by atoms with E-state index in [9.17, 15) is 4.79 Å². The van der Waals surface area contributed by atoms with Crippen molar-refractivity contribution in [3.8, 4) is 0 Å². The summed E-state index contributed by atoms with van der Waals surface area (Å²) in [6.45, 7) is 5.71. The van der Waals surface area contributed by atoms with Crippen LogP contribution in [0.1, 0.15) is 42.6 Å². The van der Waals surface area contributed by atoms with E-state index in [1.165, 1.54) is 11.1 Å². The molecule has 1 aromatic heterocycles. The summed E-state index contributed by atoms with van der Waals surface area (Å²) in [5.41, 5.74) is 10.6. The van der Waals surface area contributed by atoms with Gasteiger partial charge in [0, 0.05) is 32.0 Å². The van der Waals surface area contributed by atoms with Gasteiger partial charge in [-0.3, -0.25) is 4.79 Å². The third kappa shape index (κ3) is 3.55. The summed E-state index contributed by atoms with van der Waals surface area (Å²) in [5.74, 6) is 1.08. The summed E-state index contributed by atoms with van der Waals surface area (Å²) >= 11 is 0. The number of aryl methyl sites for hydroxylation is 3. The Labute approximate surface area is 137 Å². The van der Waals surface area contributed by atoms with Gasteiger partial charge in [-0.1, -0.05) is 12.5 Å². The van der Waals surface area contributed by atoms with E-state index in [0.717, 1.165) is 42.7 Å². The fraction of sp³-hybridized carbons (Fsp3) is 0.556. The summed E-state index contributed by atoms with van der Waals surface area (Å²) in [5, 5.41) is 0. The number of aromatic nitrogens is 2. The van der Waals surface area contributed by atoms with E-state index in [-0.39, 0.29) is 11.9 Å². The molecule has 5 nitrogen and oxygen atoms in total. The Balaban J connectivity index is 1.66. The molecular formula is C18H26N4O. The van der Waals surface area contributed by atoms with Gasteiger partial charge in [0.2, 0.25) is 5.91 Å². The number of amides is 1. The lowest BCUT2D eigenvalue weighted by Gasteiger charge is -2.22. The van der Waals surface area contributed by atoms with E-state index in [1.54, 1.807) is 0 Å². The van der Waals surface area contributed by atoms with Crippen molar-refractivity contribution in [2.75, 3.05) is 13.1 Å². The second-order valence-corrected chi connectivity index (χ2v) is 6.68. The number of hydrogen-bond donors (Lipinski definition) is 2. The van der Waals surface area contributed by atoms with Crippen molar-refractivity contribution in [1.29, 1.82) is 0 Å². The lowest BCUT2D eigenvalue weighted by molar-refractivity contribution is -0.131. The molecule has 0 aliphatic carbocycles. The number of H-pyrrole nitrogens is 1. The van der Waals surface area contributed by atoms with Crippen molar-refractivity contribution in [2.24, 2.45) is 5.73 Å². The third-order valence-electron chi connectivity index (χ3n) is 4.86. The maximum atomic E-state index is 12.4. The predicted molar refractivity (Wildman–Crippen MR) is 92.3 cm³/mol. The van der Waals surface area contributed by atoms with Gasteiger partial charge in [0.1, 0.15) is 5.82 Å². The van der Waals surface area contributed by atoms with Gasteiger partial charge in [-0.2, -0.15) is 0 Å². The molecule has 0 unspecified atom stereocenters. The van der Waals surface area contributed by atoms with Crippen molar-refractivity contribution in [2.45, 2.75) is 52.0 Å². The second-order valence-electron chi connectivity index (χ2n) is 6.68. The Morgan fingerprint density at radius 1 is 1.39 bits per heavy atom. The van der Waals surface area contributed by atoms with Crippen LogP contribution in [-0.4, -0.2) is 39.9 Å². The highest BCUT2D eigenvalue weighted by Crippen LogP contribution is 2.20. The molecule has 0 bridgehead atoms. The summed E-state index contributed by atoms with van der Waals surface area (Å²) in [6, 6.07) is 4.28. The van der Waals surface area contributed by atoms with E-state index in [4.69, 9.17) is 5.73 Å². The smallest absolute Gasteiger partial charge is 0.223 e. The Morgan fingerprint density at radius 3 is 3.04 bits per heavy atom. The molecule has 1 aromatic carbocycles. The molecule has 2 aromatic rings. The molecule has 0 spiro atoms. The number of hydrogen-bond acceptors (Lipinski definition) is 3. The van der Waals surface area contributed by atoms with Crippen LogP contribution in [0.4, 0.5) is 0 Å². The van der Waals surface area contributed by atoms with Gasteiger partial charge in [0.25, 0.3) is 0 Å². The monoisotopic (exact) mass is 314 g/mol. The Bertz CT molecular complexity index is 706. The first-order valence-electron chi connectivity index (χ1n) is 8.53. The number of benzene rings is 1. The number of fused-ring (bicyclic) bond motifs is 1. The van der Waals surface area contributed by atoms with Crippen LogP contribution in [0.15, 0.2) is 12.1 Å². The Hall–Kier alpha value is -1.88. The van der Waals surface area contributed by atoms with Gasteiger partial charge in [-0.25, -0.2) is 4.98 Å². The summed E-state index contributed by atoms with van der Waals surface area (Å²) in [6.07, 6.45) is 4.34. The maximum absolute atomic E-state index is 12.4. The fourth-order valence-corrected chi connectivity index (χ4v) is 3.27. The highest BCUT2D eigenvalue weighted by Gasteiger charge is 2.20. The first-order valence-corrected chi connectivity index (χ1v) is 8.53. The molecule has 0 radical (unpaired) electrons. The topological polar surface area (TPSA) is 75.0 Å². The largest absolute Gasteiger partial charge is 0.342 e. The van der Waals surface area contributed by atoms with Gasteiger partial charge in [0.15, 0.2) is 0 Å². The average molecular weight is 314 g/mol. The standard InChI is InChI=1S/C18H26N4O/c1-12-6-7-15-18(13(12)2)21-16(20-15)8-9-17(23)22-10-4-3-5-14(19)11-22/h6-7,14H,3-5,8-11,19H2,1-2H3,(H,20,21)/t14-/m0/s1. The molecule has 1 atom stereocenters. The highest BCUT2D eigenvalue weighted by molar-refractivity contribution is 5.80. The molecular weight excluding hydrogens is 288 g/mol. The fourth-order valence-electron chi connectivity index (χ4n) is 3.27. The van der Waals surface area contributed by atoms with Crippen LogP contribution in [0.5, 0.6) is 0 Å². The van der Waals surface area contributed by atoms with Crippen LogP contribution in [-0.2, 0) is 11.2 Å². The van der Waals surface area contributed by atoms with E-state index in [0.29, 0.717) is 19.4 Å². The van der Waals surface area contributed by atoms with Crippen LogP contribution in [0, 0.1) is 13.8 Å². The normalized spacial score (nSPS) is 19.1. The minimum atomic E-state index is 0.123. The summed E-state index contributed by atoms with van der Waals surface area (Å²) < 4.78 is 0. The minimum absolute atomic E-state index is 0.123. The summed E-state index contributed by atoms with van der Waals surface area (Å²) in [4.78, 5) is 22.4. The molecule has 2 heterocycles.